The highest BCUT2D eigenvalue weighted by Gasteiger charge is 2.32. The van der Waals surface area contributed by atoms with Crippen LogP contribution in [0.2, 0.25) is 0 Å². The number of hydrogen-bond donors (Lipinski definition) is 0. The first kappa shape index (κ1) is 13.4. The average molecular weight is 302 g/mol. The maximum Gasteiger partial charge on any atom is 0.417 e. The maximum atomic E-state index is 12.5. The van der Waals surface area contributed by atoms with Gasteiger partial charge in [0.1, 0.15) is 0 Å². The SMILES string of the molecule is FC(F)(F)c1ccc(-n2ncc(CCl)c2C2CC2)nc1. The predicted molar refractivity (Wildman–Crippen MR) is 67.9 cm³/mol. The highest BCUT2D eigenvalue weighted by Crippen LogP contribution is 2.42. The van der Waals surface area contributed by atoms with Crippen LogP contribution in [-0.2, 0) is 12.1 Å². The summed E-state index contributed by atoms with van der Waals surface area (Å²) in [7, 11) is 0. The van der Waals surface area contributed by atoms with Crippen LogP contribution in [0, 0.1) is 0 Å². The Hall–Kier alpha value is -1.56. The molecule has 0 spiro atoms. The van der Waals surface area contributed by atoms with Gasteiger partial charge in [-0.2, -0.15) is 18.3 Å². The molecular formula is C13H11ClF3N3. The summed E-state index contributed by atoms with van der Waals surface area (Å²) in [6.45, 7) is 0. The van der Waals surface area contributed by atoms with Crippen LogP contribution in [0.25, 0.3) is 5.82 Å². The first-order valence-corrected chi connectivity index (χ1v) is 6.70. The molecule has 3 nitrogen and oxygen atoms in total. The molecule has 0 atom stereocenters. The quantitative estimate of drug-likeness (QED) is 0.805. The van der Waals surface area contributed by atoms with Crippen LogP contribution in [0.4, 0.5) is 13.2 Å². The Morgan fingerprint density at radius 3 is 2.50 bits per heavy atom. The zero-order chi connectivity index (χ0) is 14.3. The van der Waals surface area contributed by atoms with Crippen molar-refractivity contribution in [3.63, 3.8) is 0 Å². The molecule has 1 saturated carbocycles. The molecule has 2 aromatic heterocycles. The van der Waals surface area contributed by atoms with Gasteiger partial charge in [0.05, 0.1) is 23.3 Å². The van der Waals surface area contributed by atoms with Crippen molar-refractivity contribution in [1.82, 2.24) is 14.8 Å². The molecule has 0 aliphatic heterocycles. The molecule has 7 heteroatoms. The largest absolute Gasteiger partial charge is 0.417 e. The lowest BCUT2D eigenvalue weighted by Gasteiger charge is -2.09. The molecule has 0 amide bonds. The van der Waals surface area contributed by atoms with E-state index in [-0.39, 0.29) is 0 Å². The van der Waals surface area contributed by atoms with Crippen LogP contribution in [0.5, 0.6) is 0 Å². The number of alkyl halides is 4. The van der Waals surface area contributed by atoms with Gasteiger partial charge in [0.2, 0.25) is 0 Å². The van der Waals surface area contributed by atoms with Gasteiger partial charge in [-0.3, -0.25) is 0 Å². The van der Waals surface area contributed by atoms with Gasteiger partial charge in [0.15, 0.2) is 5.82 Å². The Kier molecular flexibility index (Phi) is 3.20. The van der Waals surface area contributed by atoms with Gasteiger partial charge in [0, 0.05) is 17.7 Å². The standard InChI is InChI=1S/C13H11ClF3N3/c14-5-9-6-19-20(12(9)8-1-2-8)11-4-3-10(7-18-11)13(15,16)17/h3-4,6-8H,1-2,5H2. The molecule has 106 valence electrons. The normalized spacial score (nSPS) is 15.6. The van der Waals surface area contributed by atoms with E-state index in [1.54, 1.807) is 10.9 Å². The fourth-order valence-corrected chi connectivity index (χ4v) is 2.35. The summed E-state index contributed by atoms with van der Waals surface area (Å²) >= 11 is 5.87. The average Bonchev–Trinajstić information content (AvgIpc) is 3.17. The monoisotopic (exact) mass is 301 g/mol. The topological polar surface area (TPSA) is 30.7 Å². The van der Waals surface area contributed by atoms with E-state index in [9.17, 15) is 13.2 Å². The van der Waals surface area contributed by atoms with E-state index in [4.69, 9.17) is 11.6 Å². The van der Waals surface area contributed by atoms with E-state index in [1.807, 2.05) is 0 Å². The summed E-state index contributed by atoms with van der Waals surface area (Å²) in [6, 6.07) is 2.35. The molecule has 3 rings (SSSR count). The third-order valence-corrected chi connectivity index (χ3v) is 3.57. The number of aromatic nitrogens is 3. The molecular weight excluding hydrogens is 291 g/mol. The molecule has 0 unspecified atom stereocenters. The smallest absolute Gasteiger partial charge is 0.236 e. The number of rotatable bonds is 3. The van der Waals surface area contributed by atoms with E-state index in [0.717, 1.165) is 36.4 Å². The van der Waals surface area contributed by atoms with Gasteiger partial charge in [-0.05, 0) is 25.0 Å². The molecule has 1 aliphatic rings. The molecule has 1 fully saturated rings. The van der Waals surface area contributed by atoms with E-state index in [1.165, 1.54) is 6.07 Å². The summed E-state index contributed by atoms with van der Waals surface area (Å²) < 4.78 is 39.1. The molecule has 2 heterocycles. The Morgan fingerprint density at radius 2 is 2.00 bits per heavy atom. The molecule has 0 bridgehead atoms. The first-order valence-electron chi connectivity index (χ1n) is 6.17. The lowest BCUT2D eigenvalue weighted by molar-refractivity contribution is -0.137. The van der Waals surface area contributed by atoms with E-state index in [2.05, 4.69) is 10.1 Å². The molecule has 20 heavy (non-hydrogen) atoms. The second-order valence-electron chi connectivity index (χ2n) is 4.78. The predicted octanol–water partition coefficient (Wildman–Crippen LogP) is 3.90. The zero-order valence-electron chi connectivity index (χ0n) is 10.4. The first-order chi connectivity index (χ1) is 9.50. The van der Waals surface area contributed by atoms with Crippen LogP contribution >= 0.6 is 11.6 Å². The molecule has 1 aliphatic carbocycles. The van der Waals surface area contributed by atoms with Crippen LogP contribution in [-0.4, -0.2) is 14.8 Å². The molecule has 2 aromatic rings. The highest BCUT2D eigenvalue weighted by atomic mass is 35.5. The van der Waals surface area contributed by atoms with Gasteiger partial charge in [-0.1, -0.05) is 0 Å². The fraction of sp³-hybridized carbons (Fsp3) is 0.385. The van der Waals surface area contributed by atoms with Crippen LogP contribution in [0.15, 0.2) is 24.5 Å². The molecule has 0 saturated heterocycles. The van der Waals surface area contributed by atoms with Crippen molar-refractivity contribution in [2.45, 2.75) is 30.8 Å². The lowest BCUT2D eigenvalue weighted by atomic mass is 10.2. The number of pyridine rings is 1. The van der Waals surface area contributed by atoms with Gasteiger partial charge in [-0.15, -0.1) is 11.6 Å². The van der Waals surface area contributed by atoms with E-state index in [0.29, 0.717) is 17.6 Å². The van der Waals surface area contributed by atoms with E-state index >= 15 is 0 Å². The van der Waals surface area contributed by atoms with Crippen molar-refractivity contribution in [2.24, 2.45) is 0 Å². The summed E-state index contributed by atoms with van der Waals surface area (Å²) in [6.07, 6.45) is 0.205. The van der Waals surface area contributed by atoms with Crippen LogP contribution in [0.3, 0.4) is 0 Å². The van der Waals surface area contributed by atoms with Crippen molar-refractivity contribution in [3.8, 4) is 5.82 Å². The Bertz CT molecular complexity index is 615. The second kappa shape index (κ2) is 4.77. The van der Waals surface area contributed by atoms with Crippen LogP contribution < -0.4 is 0 Å². The zero-order valence-corrected chi connectivity index (χ0v) is 11.1. The van der Waals surface area contributed by atoms with Gasteiger partial charge < -0.3 is 0 Å². The minimum atomic E-state index is -4.38. The highest BCUT2D eigenvalue weighted by molar-refractivity contribution is 6.17. The van der Waals surface area contributed by atoms with Crippen molar-refractivity contribution in [3.05, 3.63) is 41.3 Å². The summed E-state index contributed by atoms with van der Waals surface area (Å²) in [5.41, 5.74) is 1.11. The molecule has 0 aromatic carbocycles. The summed E-state index contributed by atoms with van der Waals surface area (Å²) in [4.78, 5) is 3.87. The lowest BCUT2D eigenvalue weighted by Crippen LogP contribution is -2.08. The summed E-state index contributed by atoms with van der Waals surface area (Å²) in [5, 5.41) is 4.20. The van der Waals surface area contributed by atoms with Crippen LogP contribution in [0.1, 0.15) is 35.6 Å². The number of halogens is 4. The van der Waals surface area contributed by atoms with Gasteiger partial charge in [-0.25, -0.2) is 9.67 Å². The third kappa shape index (κ3) is 2.40. The Labute approximate surface area is 118 Å². The Morgan fingerprint density at radius 1 is 1.25 bits per heavy atom. The van der Waals surface area contributed by atoms with Crippen molar-refractivity contribution >= 4 is 11.6 Å². The summed E-state index contributed by atoms with van der Waals surface area (Å²) in [5.74, 6) is 1.11. The van der Waals surface area contributed by atoms with Crippen molar-refractivity contribution in [1.29, 1.82) is 0 Å². The number of hydrogen-bond acceptors (Lipinski definition) is 2. The van der Waals surface area contributed by atoms with E-state index < -0.39 is 11.7 Å². The van der Waals surface area contributed by atoms with Crippen molar-refractivity contribution < 1.29 is 13.2 Å². The minimum absolute atomic E-state index is 0.340. The molecule has 0 radical (unpaired) electrons. The third-order valence-electron chi connectivity index (χ3n) is 3.29. The number of nitrogens with zero attached hydrogens (tertiary/aromatic N) is 3. The second-order valence-corrected chi connectivity index (χ2v) is 5.04. The van der Waals surface area contributed by atoms with Gasteiger partial charge in [0.25, 0.3) is 0 Å². The minimum Gasteiger partial charge on any atom is -0.236 e. The maximum absolute atomic E-state index is 12.5. The fourth-order valence-electron chi connectivity index (χ4n) is 2.15. The van der Waals surface area contributed by atoms with Crippen molar-refractivity contribution in [2.75, 3.05) is 0 Å². The Balaban J connectivity index is 1.99. The molecule has 0 N–H and O–H groups in total. The van der Waals surface area contributed by atoms with Gasteiger partial charge >= 0.3 is 6.18 Å².